The van der Waals surface area contributed by atoms with Crippen LogP contribution in [0, 0.1) is 0 Å². The van der Waals surface area contributed by atoms with Gasteiger partial charge in [0.25, 0.3) is 0 Å². The number of hydrogen-bond donors (Lipinski definition) is 3. The highest BCUT2D eigenvalue weighted by Gasteiger charge is 2.17. The maximum Gasteiger partial charge on any atom is 0.315 e. The molecule has 0 bridgehead atoms. The smallest absolute Gasteiger partial charge is 0.315 e. The molecule has 0 spiro atoms. The van der Waals surface area contributed by atoms with Crippen LogP contribution in [-0.2, 0) is 0 Å². The molecule has 13 heavy (non-hydrogen) atoms. The highest BCUT2D eigenvalue weighted by molar-refractivity contribution is 5.74. The van der Waals surface area contributed by atoms with Gasteiger partial charge >= 0.3 is 6.03 Å². The minimum Gasteiger partial charge on any atom is -0.337 e. The molecule has 0 saturated carbocycles. The molecule has 5 nitrogen and oxygen atoms in total. The lowest BCUT2D eigenvalue weighted by atomic mass is 10.2. The molecule has 0 aromatic rings. The summed E-state index contributed by atoms with van der Waals surface area (Å²) < 4.78 is 0. The number of rotatable bonds is 4. The van der Waals surface area contributed by atoms with Crippen molar-refractivity contribution in [3.8, 4) is 0 Å². The number of nitrogens with one attached hydrogen (secondary N) is 3. The molecule has 2 amide bonds. The number of carbonyl (C=O) groups excluding carboxylic acids is 1. The summed E-state index contributed by atoms with van der Waals surface area (Å²) in [5, 5.41) is 8.74. The first-order valence-corrected chi connectivity index (χ1v) is 4.58. The highest BCUT2D eigenvalue weighted by atomic mass is 16.2. The van der Waals surface area contributed by atoms with E-state index in [-0.39, 0.29) is 6.03 Å². The van der Waals surface area contributed by atoms with Crippen LogP contribution < -0.4 is 16.0 Å². The van der Waals surface area contributed by atoms with Crippen LogP contribution >= 0.6 is 0 Å². The highest BCUT2D eigenvalue weighted by Crippen LogP contribution is 1.88. The summed E-state index contributed by atoms with van der Waals surface area (Å²) in [6, 6.07) is 0.257. The molecule has 3 N–H and O–H groups in total. The van der Waals surface area contributed by atoms with E-state index in [0.29, 0.717) is 12.6 Å². The maximum atomic E-state index is 11.2. The predicted molar refractivity (Wildman–Crippen MR) is 51.7 cm³/mol. The molecule has 1 aliphatic rings. The molecule has 5 heteroatoms. The molecule has 0 aromatic carbocycles. The van der Waals surface area contributed by atoms with E-state index in [1.54, 1.807) is 0 Å². The van der Waals surface area contributed by atoms with Gasteiger partial charge < -0.3 is 20.9 Å². The van der Waals surface area contributed by atoms with Gasteiger partial charge in [0, 0.05) is 26.2 Å². The molecule has 1 rings (SSSR count). The van der Waals surface area contributed by atoms with E-state index in [2.05, 4.69) is 16.0 Å². The molecular weight excluding hydrogens is 168 g/mol. The normalized spacial score (nSPS) is 16.8. The number of nitrogens with zero attached hydrogens (tertiary/aromatic N) is 1. The van der Waals surface area contributed by atoms with Gasteiger partial charge in [0.05, 0.1) is 6.04 Å². The van der Waals surface area contributed by atoms with Crippen LogP contribution in [0.1, 0.15) is 0 Å². The number of carbonyl (C=O) groups is 1. The minimum atomic E-state index is -0.0617. The van der Waals surface area contributed by atoms with Crippen LogP contribution in [0.2, 0.25) is 0 Å². The van der Waals surface area contributed by atoms with E-state index in [0.717, 1.165) is 19.6 Å². The summed E-state index contributed by atoms with van der Waals surface area (Å²) in [6.45, 7) is 3.34. The van der Waals surface area contributed by atoms with Crippen molar-refractivity contribution >= 4 is 6.03 Å². The number of likely N-dealkylation sites (N-methyl/N-ethyl adjacent to an activating group) is 1. The first-order chi connectivity index (χ1) is 6.18. The molecule has 0 aromatic heterocycles. The molecule has 1 fully saturated rings. The monoisotopic (exact) mass is 186 g/mol. The van der Waals surface area contributed by atoms with Gasteiger partial charge in [-0.1, -0.05) is 0 Å². The quantitative estimate of drug-likeness (QED) is 0.518. The summed E-state index contributed by atoms with van der Waals surface area (Å²) >= 11 is 0. The Labute approximate surface area is 78.9 Å². The summed E-state index contributed by atoms with van der Waals surface area (Å²) in [4.78, 5) is 13.2. The van der Waals surface area contributed by atoms with E-state index in [1.807, 2.05) is 19.0 Å². The molecule has 1 saturated heterocycles. The van der Waals surface area contributed by atoms with Crippen LogP contribution in [-0.4, -0.2) is 57.2 Å². The van der Waals surface area contributed by atoms with Crippen molar-refractivity contribution in [2.24, 2.45) is 0 Å². The van der Waals surface area contributed by atoms with Gasteiger partial charge in [0.15, 0.2) is 0 Å². The fraction of sp³-hybridized carbons (Fsp3) is 0.875. The van der Waals surface area contributed by atoms with Gasteiger partial charge in [-0.05, 0) is 14.1 Å². The molecule has 0 aliphatic carbocycles. The molecule has 1 aliphatic heterocycles. The lowest BCUT2D eigenvalue weighted by Crippen LogP contribution is -2.59. The first kappa shape index (κ1) is 10.3. The van der Waals surface area contributed by atoms with Crippen LogP contribution in [0.15, 0.2) is 0 Å². The molecule has 0 radical (unpaired) electrons. The molecule has 0 unspecified atom stereocenters. The Kier molecular flexibility index (Phi) is 3.98. The van der Waals surface area contributed by atoms with E-state index in [4.69, 9.17) is 0 Å². The Morgan fingerprint density at radius 3 is 2.69 bits per heavy atom. The van der Waals surface area contributed by atoms with Gasteiger partial charge in [-0.15, -0.1) is 0 Å². The topological polar surface area (TPSA) is 56.4 Å². The second-order valence-corrected chi connectivity index (χ2v) is 3.56. The van der Waals surface area contributed by atoms with Crippen LogP contribution in [0.25, 0.3) is 0 Å². The Bertz CT molecular complexity index is 168. The van der Waals surface area contributed by atoms with Crippen molar-refractivity contribution in [3.05, 3.63) is 0 Å². The van der Waals surface area contributed by atoms with Crippen molar-refractivity contribution in [1.29, 1.82) is 0 Å². The average Bonchev–Trinajstić information content (AvgIpc) is 1.96. The average molecular weight is 186 g/mol. The van der Waals surface area contributed by atoms with E-state index in [1.165, 1.54) is 0 Å². The van der Waals surface area contributed by atoms with Crippen molar-refractivity contribution in [2.45, 2.75) is 6.04 Å². The number of urea groups is 1. The van der Waals surface area contributed by atoms with E-state index < -0.39 is 0 Å². The second-order valence-electron chi connectivity index (χ2n) is 3.56. The summed E-state index contributed by atoms with van der Waals surface area (Å²) in [7, 11) is 3.96. The summed E-state index contributed by atoms with van der Waals surface area (Å²) in [5.41, 5.74) is 0. The van der Waals surface area contributed by atoms with E-state index in [9.17, 15) is 4.79 Å². The van der Waals surface area contributed by atoms with Crippen molar-refractivity contribution in [2.75, 3.05) is 40.3 Å². The van der Waals surface area contributed by atoms with Gasteiger partial charge in [0.1, 0.15) is 0 Å². The third-order valence-corrected chi connectivity index (χ3v) is 1.96. The zero-order valence-corrected chi connectivity index (χ0v) is 8.26. The third kappa shape index (κ3) is 4.10. The first-order valence-electron chi connectivity index (χ1n) is 4.58. The zero-order chi connectivity index (χ0) is 9.68. The Morgan fingerprint density at radius 1 is 1.54 bits per heavy atom. The van der Waals surface area contributed by atoms with Crippen LogP contribution in [0.3, 0.4) is 0 Å². The Balaban J connectivity index is 1.97. The summed E-state index contributed by atoms with van der Waals surface area (Å²) in [6.07, 6.45) is 0. The standard InChI is InChI=1S/C8H18N4O/c1-12(2)4-3-10-8(13)11-7-5-9-6-7/h7,9H,3-6H2,1-2H3,(H2,10,11,13). The molecular formula is C8H18N4O. The van der Waals surface area contributed by atoms with Crippen molar-refractivity contribution < 1.29 is 4.79 Å². The van der Waals surface area contributed by atoms with E-state index >= 15 is 0 Å². The van der Waals surface area contributed by atoms with Gasteiger partial charge in [-0.2, -0.15) is 0 Å². The number of hydrogen-bond acceptors (Lipinski definition) is 3. The van der Waals surface area contributed by atoms with Gasteiger partial charge in [-0.25, -0.2) is 4.79 Å². The van der Waals surface area contributed by atoms with Crippen molar-refractivity contribution in [1.82, 2.24) is 20.9 Å². The fourth-order valence-electron chi connectivity index (χ4n) is 1.02. The SMILES string of the molecule is CN(C)CCNC(=O)NC1CNC1. The minimum absolute atomic E-state index is 0.0617. The maximum absolute atomic E-state index is 11.2. The van der Waals surface area contributed by atoms with Crippen LogP contribution in [0.5, 0.6) is 0 Å². The molecule has 0 atom stereocenters. The fourth-order valence-corrected chi connectivity index (χ4v) is 1.02. The van der Waals surface area contributed by atoms with Gasteiger partial charge in [-0.3, -0.25) is 0 Å². The Hall–Kier alpha value is -0.810. The summed E-state index contributed by atoms with van der Waals surface area (Å²) in [5.74, 6) is 0. The second kappa shape index (κ2) is 5.04. The predicted octanol–water partition coefficient (Wildman–Crippen LogP) is -1.18. The third-order valence-electron chi connectivity index (χ3n) is 1.96. The lowest BCUT2D eigenvalue weighted by Gasteiger charge is -2.28. The van der Waals surface area contributed by atoms with Gasteiger partial charge in [0.2, 0.25) is 0 Å². The molecule has 76 valence electrons. The molecule has 1 heterocycles. The largest absolute Gasteiger partial charge is 0.337 e. The lowest BCUT2D eigenvalue weighted by molar-refractivity contribution is 0.230. The number of amides is 2. The van der Waals surface area contributed by atoms with Crippen molar-refractivity contribution in [3.63, 3.8) is 0 Å². The Morgan fingerprint density at radius 2 is 2.23 bits per heavy atom. The van der Waals surface area contributed by atoms with Crippen LogP contribution in [0.4, 0.5) is 4.79 Å². The zero-order valence-electron chi connectivity index (χ0n) is 8.26.